The first-order valence-electron chi connectivity index (χ1n) is 13.0. The number of carboxylic acids is 1. The van der Waals surface area contributed by atoms with Gasteiger partial charge in [0.25, 0.3) is 0 Å². The maximum Gasteiger partial charge on any atom is 0.330 e. The molecule has 0 amide bonds. The van der Waals surface area contributed by atoms with E-state index in [4.69, 9.17) is 19.3 Å². The van der Waals surface area contributed by atoms with Gasteiger partial charge in [-0.1, -0.05) is 31.3 Å². The number of carbonyl (C=O) groups excluding carboxylic acids is 1. The van der Waals surface area contributed by atoms with Crippen molar-refractivity contribution in [3.63, 3.8) is 0 Å². The number of carboxylic acid groups (broad SMARTS) is 1. The van der Waals surface area contributed by atoms with Crippen LogP contribution in [0, 0.1) is 5.92 Å². The van der Waals surface area contributed by atoms with E-state index in [0.29, 0.717) is 25.0 Å². The van der Waals surface area contributed by atoms with Crippen LogP contribution in [0.3, 0.4) is 0 Å². The van der Waals surface area contributed by atoms with Gasteiger partial charge in [-0.3, -0.25) is 4.79 Å². The molecular weight excluding hydrogens is 472 g/mol. The highest BCUT2D eigenvalue weighted by Gasteiger charge is 2.55. The highest BCUT2D eigenvalue weighted by Crippen LogP contribution is 2.40. The standard InChI is InChI=1S/C26H44O10/c1-16(13-22(30)34-11-9-7-5-4-6-8-10-21(28)29)12-19-24(32)23(31)18(15-35-19)14-20-25(36-20)26(3,33)17(2)27/h13,17-20,23-25,27,31-33H,4-12,14-15H2,1-3H3,(H,28,29)/b16-13+/t17-,18-,19-,20-,23+,24-,25+,26?/m0/s1. The second kappa shape index (κ2) is 14.4. The van der Waals surface area contributed by atoms with Crippen molar-refractivity contribution >= 4 is 11.9 Å². The van der Waals surface area contributed by atoms with Gasteiger partial charge in [-0.15, -0.1) is 0 Å². The fraction of sp³-hybridized carbons (Fsp3) is 0.846. The quantitative estimate of drug-likeness (QED) is 0.0882. The van der Waals surface area contributed by atoms with Crippen molar-refractivity contribution in [2.24, 2.45) is 5.92 Å². The lowest BCUT2D eigenvalue weighted by Crippen LogP contribution is -2.50. The van der Waals surface area contributed by atoms with Crippen molar-refractivity contribution in [3.8, 4) is 0 Å². The normalized spacial score (nSPS) is 30.9. The van der Waals surface area contributed by atoms with E-state index in [1.807, 2.05) is 0 Å². The summed E-state index contributed by atoms with van der Waals surface area (Å²) in [6, 6.07) is 0. The summed E-state index contributed by atoms with van der Waals surface area (Å²) in [6.45, 7) is 5.27. The number of aliphatic hydroxyl groups is 4. The number of epoxide rings is 1. The van der Waals surface area contributed by atoms with E-state index in [9.17, 15) is 30.0 Å². The Morgan fingerprint density at radius 3 is 2.36 bits per heavy atom. The summed E-state index contributed by atoms with van der Waals surface area (Å²) in [6.07, 6.45) is 2.78. The van der Waals surface area contributed by atoms with Crippen molar-refractivity contribution in [2.75, 3.05) is 13.2 Å². The van der Waals surface area contributed by atoms with Crippen molar-refractivity contribution in [2.45, 2.75) is 121 Å². The van der Waals surface area contributed by atoms with Crippen LogP contribution in [0.5, 0.6) is 0 Å². The number of rotatable bonds is 16. The summed E-state index contributed by atoms with van der Waals surface area (Å²) < 4.78 is 16.5. The minimum Gasteiger partial charge on any atom is -0.481 e. The molecule has 2 fully saturated rings. The lowest BCUT2D eigenvalue weighted by molar-refractivity contribution is -0.165. The van der Waals surface area contributed by atoms with E-state index in [0.717, 1.165) is 32.1 Å². The van der Waals surface area contributed by atoms with Gasteiger partial charge < -0.3 is 39.7 Å². The molecule has 1 unspecified atom stereocenters. The fourth-order valence-electron chi connectivity index (χ4n) is 4.58. The Bertz CT molecular complexity index is 734. The maximum atomic E-state index is 12.1. The summed E-state index contributed by atoms with van der Waals surface area (Å²) in [7, 11) is 0. The lowest BCUT2D eigenvalue weighted by Gasteiger charge is -2.38. The van der Waals surface area contributed by atoms with Crippen molar-refractivity contribution in [1.29, 1.82) is 0 Å². The Morgan fingerprint density at radius 2 is 1.72 bits per heavy atom. The molecule has 0 bridgehead atoms. The molecule has 5 N–H and O–H groups in total. The van der Waals surface area contributed by atoms with Crippen molar-refractivity contribution in [1.82, 2.24) is 0 Å². The molecule has 0 spiro atoms. The molecule has 0 radical (unpaired) electrons. The third-order valence-corrected chi connectivity index (χ3v) is 7.19. The molecule has 2 heterocycles. The minimum absolute atomic E-state index is 0.205. The second-order valence-corrected chi connectivity index (χ2v) is 10.5. The Kier molecular flexibility index (Phi) is 12.3. The van der Waals surface area contributed by atoms with E-state index < -0.39 is 48.1 Å². The second-order valence-electron chi connectivity index (χ2n) is 10.5. The van der Waals surface area contributed by atoms with E-state index in [2.05, 4.69) is 0 Å². The van der Waals surface area contributed by atoms with Crippen molar-refractivity contribution < 1.29 is 49.3 Å². The Balaban J connectivity index is 1.64. The third kappa shape index (κ3) is 9.72. The van der Waals surface area contributed by atoms with Crippen LogP contribution in [0.25, 0.3) is 0 Å². The van der Waals surface area contributed by atoms with E-state index in [1.165, 1.54) is 19.9 Å². The Morgan fingerprint density at radius 1 is 1.08 bits per heavy atom. The summed E-state index contributed by atoms with van der Waals surface area (Å²) in [4.78, 5) is 22.5. The summed E-state index contributed by atoms with van der Waals surface area (Å²) in [5, 5.41) is 49.8. The number of esters is 1. The SMILES string of the molecule is C/C(=C\C(=O)OCCCCCCCCC(=O)O)C[C@@H]1OC[C@H](C[C@@H]2O[C@H]2C(C)(O)[C@H](C)O)[C@@H](O)[C@H]1O. The molecule has 10 heteroatoms. The van der Waals surface area contributed by atoms with Crippen LogP contribution in [0.1, 0.15) is 78.6 Å². The molecule has 8 atom stereocenters. The molecule has 36 heavy (non-hydrogen) atoms. The Hall–Kier alpha value is -1.56. The molecule has 0 aromatic rings. The van der Waals surface area contributed by atoms with Crippen LogP contribution >= 0.6 is 0 Å². The zero-order valence-electron chi connectivity index (χ0n) is 21.7. The number of hydrogen-bond acceptors (Lipinski definition) is 9. The first-order chi connectivity index (χ1) is 16.9. The van der Waals surface area contributed by atoms with Crippen LogP contribution in [0.2, 0.25) is 0 Å². The molecule has 0 saturated carbocycles. The molecule has 2 aliphatic heterocycles. The lowest BCUT2D eigenvalue weighted by atomic mass is 9.84. The molecule has 208 valence electrons. The van der Waals surface area contributed by atoms with Gasteiger partial charge in [-0.05, 0) is 46.5 Å². The van der Waals surface area contributed by atoms with Gasteiger partial charge >= 0.3 is 11.9 Å². The molecule has 2 saturated heterocycles. The van der Waals surface area contributed by atoms with Crippen molar-refractivity contribution in [3.05, 3.63) is 11.6 Å². The molecule has 2 rings (SSSR count). The van der Waals surface area contributed by atoms with Crippen LogP contribution in [0.15, 0.2) is 11.6 Å². The van der Waals surface area contributed by atoms with Gasteiger partial charge in [-0.2, -0.15) is 0 Å². The molecule has 0 aliphatic carbocycles. The molecule has 0 aromatic heterocycles. The van der Waals surface area contributed by atoms with E-state index in [1.54, 1.807) is 6.92 Å². The number of ether oxygens (including phenoxy) is 3. The van der Waals surface area contributed by atoms with Crippen LogP contribution in [-0.2, 0) is 23.8 Å². The zero-order valence-corrected chi connectivity index (χ0v) is 21.7. The molecule has 0 aromatic carbocycles. The first-order valence-corrected chi connectivity index (χ1v) is 13.0. The minimum atomic E-state index is -1.38. The van der Waals surface area contributed by atoms with Gasteiger partial charge in [0.1, 0.15) is 17.8 Å². The highest BCUT2D eigenvalue weighted by molar-refractivity contribution is 5.82. The first kappa shape index (κ1) is 30.7. The smallest absolute Gasteiger partial charge is 0.330 e. The van der Waals surface area contributed by atoms with Crippen LogP contribution in [0.4, 0.5) is 0 Å². The number of hydrogen-bond donors (Lipinski definition) is 5. The summed E-state index contributed by atoms with van der Waals surface area (Å²) in [5.41, 5.74) is -0.710. The van der Waals surface area contributed by atoms with E-state index in [-0.39, 0.29) is 31.5 Å². The summed E-state index contributed by atoms with van der Waals surface area (Å²) in [5.74, 6) is -1.60. The van der Waals surface area contributed by atoms with Gasteiger partial charge in [0.15, 0.2) is 0 Å². The van der Waals surface area contributed by atoms with Gasteiger partial charge in [0, 0.05) is 18.4 Å². The average molecular weight is 517 g/mol. The predicted molar refractivity (Wildman–Crippen MR) is 130 cm³/mol. The summed E-state index contributed by atoms with van der Waals surface area (Å²) >= 11 is 0. The Labute approximate surface area is 213 Å². The zero-order chi connectivity index (χ0) is 26.9. The molecule has 2 aliphatic rings. The largest absolute Gasteiger partial charge is 0.481 e. The fourth-order valence-corrected chi connectivity index (χ4v) is 4.58. The predicted octanol–water partition coefficient (Wildman–Crippen LogP) is 1.71. The third-order valence-electron chi connectivity index (χ3n) is 7.19. The van der Waals surface area contributed by atoms with Crippen LogP contribution < -0.4 is 0 Å². The van der Waals surface area contributed by atoms with E-state index >= 15 is 0 Å². The number of aliphatic hydroxyl groups excluding tert-OH is 3. The highest BCUT2D eigenvalue weighted by atomic mass is 16.6. The molecular formula is C26H44O10. The number of aliphatic carboxylic acids is 1. The maximum absolute atomic E-state index is 12.1. The molecule has 10 nitrogen and oxygen atoms in total. The topological polar surface area (TPSA) is 166 Å². The number of carbonyl (C=O) groups is 2. The average Bonchev–Trinajstić information content (AvgIpc) is 3.57. The van der Waals surface area contributed by atoms with Crippen LogP contribution in [-0.4, -0.2) is 92.9 Å². The van der Waals surface area contributed by atoms with Gasteiger partial charge in [-0.25, -0.2) is 4.79 Å². The number of unbranched alkanes of at least 4 members (excludes halogenated alkanes) is 5. The van der Waals surface area contributed by atoms with Gasteiger partial charge in [0.05, 0.1) is 37.6 Å². The van der Waals surface area contributed by atoms with Gasteiger partial charge in [0.2, 0.25) is 0 Å². The monoisotopic (exact) mass is 516 g/mol.